The Labute approximate surface area is 202 Å². The summed E-state index contributed by atoms with van der Waals surface area (Å²) in [4.78, 5) is 26.7. The fourth-order valence-electron chi connectivity index (χ4n) is 3.53. The first-order valence-corrected chi connectivity index (χ1v) is 11.2. The first kappa shape index (κ1) is 23.0. The Morgan fingerprint density at radius 2 is 1.79 bits per heavy atom. The SMILES string of the molecule is Cc1ccc(N2C[C@@H](C(=O)NNc3ccc(OCc4ccc(Cl)cc4)c(Cl)c3)CC2=O)cc1. The van der Waals surface area contributed by atoms with Gasteiger partial charge in [0.2, 0.25) is 11.8 Å². The Balaban J connectivity index is 1.30. The maximum absolute atomic E-state index is 12.6. The molecule has 1 saturated heterocycles. The van der Waals surface area contributed by atoms with Crippen LogP contribution in [0.3, 0.4) is 0 Å². The number of benzene rings is 3. The van der Waals surface area contributed by atoms with Crippen LogP contribution in [-0.4, -0.2) is 18.4 Å². The summed E-state index contributed by atoms with van der Waals surface area (Å²) in [7, 11) is 0. The molecule has 0 unspecified atom stereocenters. The van der Waals surface area contributed by atoms with Crippen molar-refractivity contribution in [3.05, 3.63) is 87.9 Å². The molecule has 0 radical (unpaired) electrons. The predicted molar refractivity (Wildman–Crippen MR) is 131 cm³/mol. The number of anilines is 2. The van der Waals surface area contributed by atoms with E-state index in [0.29, 0.717) is 34.6 Å². The van der Waals surface area contributed by atoms with Crippen molar-refractivity contribution in [2.24, 2.45) is 5.92 Å². The second-order valence-corrected chi connectivity index (χ2v) is 8.76. The van der Waals surface area contributed by atoms with Crippen LogP contribution in [0.15, 0.2) is 66.7 Å². The van der Waals surface area contributed by atoms with Gasteiger partial charge < -0.3 is 9.64 Å². The minimum Gasteiger partial charge on any atom is -0.487 e. The van der Waals surface area contributed by atoms with Gasteiger partial charge in [0.25, 0.3) is 0 Å². The average molecular weight is 484 g/mol. The first-order chi connectivity index (χ1) is 15.9. The summed E-state index contributed by atoms with van der Waals surface area (Å²) in [6, 6.07) is 20.2. The summed E-state index contributed by atoms with van der Waals surface area (Å²) in [6.45, 7) is 2.68. The molecule has 4 rings (SSSR count). The molecule has 1 heterocycles. The second kappa shape index (κ2) is 10.1. The van der Waals surface area contributed by atoms with Crippen LogP contribution in [0.5, 0.6) is 5.75 Å². The normalized spacial score (nSPS) is 15.4. The van der Waals surface area contributed by atoms with Crippen molar-refractivity contribution in [1.82, 2.24) is 5.43 Å². The molecule has 1 fully saturated rings. The van der Waals surface area contributed by atoms with Gasteiger partial charge in [-0.3, -0.25) is 20.4 Å². The van der Waals surface area contributed by atoms with E-state index in [1.807, 2.05) is 43.3 Å². The summed E-state index contributed by atoms with van der Waals surface area (Å²) < 4.78 is 5.76. The number of carbonyl (C=O) groups excluding carboxylic acids is 2. The Bertz CT molecular complexity index is 1150. The molecule has 8 heteroatoms. The highest BCUT2D eigenvalue weighted by molar-refractivity contribution is 6.32. The van der Waals surface area contributed by atoms with Crippen molar-refractivity contribution in [3.63, 3.8) is 0 Å². The van der Waals surface area contributed by atoms with Crippen LogP contribution < -0.4 is 20.5 Å². The van der Waals surface area contributed by atoms with Crippen LogP contribution in [0.25, 0.3) is 0 Å². The zero-order valence-corrected chi connectivity index (χ0v) is 19.5. The summed E-state index contributed by atoms with van der Waals surface area (Å²) in [6.07, 6.45) is 0.166. The number of hydrogen-bond donors (Lipinski definition) is 2. The van der Waals surface area contributed by atoms with Gasteiger partial charge in [0.15, 0.2) is 0 Å². The number of hydrogen-bond acceptors (Lipinski definition) is 4. The highest BCUT2D eigenvalue weighted by Crippen LogP contribution is 2.29. The zero-order chi connectivity index (χ0) is 23.4. The number of carbonyl (C=O) groups is 2. The first-order valence-electron chi connectivity index (χ1n) is 10.5. The molecular formula is C25H23Cl2N3O3. The van der Waals surface area contributed by atoms with Crippen LogP contribution in [0.4, 0.5) is 11.4 Å². The minimum atomic E-state index is -0.441. The van der Waals surface area contributed by atoms with E-state index in [-0.39, 0.29) is 18.2 Å². The molecule has 1 atom stereocenters. The number of rotatable bonds is 7. The molecule has 0 aromatic heterocycles. The number of ether oxygens (including phenoxy) is 1. The van der Waals surface area contributed by atoms with Crippen molar-refractivity contribution >= 4 is 46.4 Å². The quantitative estimate of drug-likeness (QED) is 0.442. The van der Waals surface area contributed by atoms with Crippen molar-refractivity contribution in [2.45, 2.75) is 20.0 Å². The highest BCUT2D eigenvalue weighted by atomic mass is 35.5. The molecule has 0 spiro atoms. The molecule has 2 amide bonds. The lowest BCUT2D eigenvalue weighted by atomic mass is 10.1. The molecule has 6 nitrogen and oxygen atoms in total. The molecule has 3 aromatic carbocycles. The number of aryl methyl sites for hydroxylation is 1. The molecule has 1 aliphatic rings. The number of nitrogens with one attached hydrogen (secondary N) is 2. The maximum atomic E-state index is 12.6. The minimum absolute atomic E-state index is 0.0655. The van der Waals surface area contributed by atoms with Crippen LogP contribution in [0, 0.1) is 12.8 Å². The van der Waals surface area contributed by atoms with Crippen LogP contribution in [-0.2, 0) is 16.2 Å². The predicted octanol–water partition coefficient (Wildman–Crippen LogP) is 5.38. The summed E-state index contributed by atoms with van der Waals surface area (Å²) in [5.41, 5.74) is 9.02. The van der Waals surface area contributed by atoms with E-state index in [4.69, 9.17) is 27.9 Å². The molecule has 0 bridgehead atoms. The topological polar surface area (TPSA) is 70.7 Å². The van der Waals surface area contributed by atoms with E-state index < -0.39 is 5.92 Å². The van der Waals surface area contributed by atoms with E-state index in [2.05, 4.69) is 10.9 Å². The molecule has 2 N–H and O–H groups in total. The maximum Gasteiger partial charge on any atom is 0.243 e. The standard InChI is InChI=1S/C25H23Cl2N3O3/c1-16-2-9-21(10-3-16)30-14-18(12-24(30)31)25(32)29-28-20-8-11-23(22(27)13-20)33-15-17-4-6-19(26)7-5-17/h2-11,13,18,28H,12,14-15H2,1H3,(H,29,32)/t18-/m0/s1. The second-order valence-electron chi connectivity index (χ2n) is 7.92. The van der Waals surface area contributed by atoms with Gasteiger partial charge in [0.1, 0.15) is 12.4 Å². The van der Waals surface area contributed by atoms with Crippen molar-refractivity contribution in [3.8, 4) is 5.75 Å². The molecule has 1 aliphatic heterocycles. The van der Waals surface area contributed by atoms with E-state index >= 15 is 0 Å². The van der Waals surface area contributed by atoms with Crippen molar-refractivity contribution in [2.75, 3.05) is 16.9 Å². The fourth-order valence-corrected chi connectivity index (χ4v) is 3.89. The van der Waals surface area contributed by atoms with Crippen molar-refractivity contribution < 1.29 is 14.3 Å². The zero-order valence-electron chi connectivity index (χ0n) is 18.0. The molecule has 33 heavy (non-hydrogen) atoms. The smallest absolute Gasteiger partial charge is 0.243 e. The van der Waals surface area contributed by atoms with E-state index in [0.717, 1.165) is 16.8 Å². The third-order valence-corrected chi connectivity index (χ3v) is 5.96. The summed E-state index contributed by atoms with van der Waals surface area (Å²) in [5, 5.41) is 1.07. The van der Waals surface area contributed by atoms with Crippen LogP contribution in [0.1, 0.15) is 17.5 Å². The number of amides is 2. The third kappa shape index (κ3) is 5.78. The van der Waals surface area contributed by atoms with E-state index in [1.165, 1.54) is 0 Å². The van der Waals surface area contributed by atoms with Gasteiger partial charge in [-0.1, -0.05) is 53.0 Å². The Kier molecular flexibility index (Phi) is 7.06. The molecular weight excluding hydrogens is 461 g/mol. The van der Waals surface area contributed by atoms with E-state index in [1.54, 1.807) is 35.2 Å². The lowest BCUT2D eigenvalue weighted by molar-refractivity contribution is -0.125. The largest absolute Gasteiger partial charge is 0.487 e. The average Bonchev–Trinajstić information content (AvgIpc) is 3.20. The van der Waals surface area contributed by atoms with Gasteiger partial charge in [-0.25, -0.2) is 0 Å². The number of nitrogens with zero attached hydrogens (tertiary/aromatic N) is 1. The lowest BCUT2D eigenvalue weighted by Crippen LogP contribution is -2.36. The summed E-state index contributed by atoms with van der Waals surface area (Å²) in [5.74, 6) is -0.233. The van der Waals surface area contributed by atoms with Crippen LogP contribution in [0.2, 0.25) is 10.0 Å². The molecule has 3 aromatic rings. The fraction of sp³-hybridized carbons (Fsp3) is 0.200. The lowest BCUT2D eigenvalue weighted by Gasteiger charge is -2.17. The van der Waals surface area contributed by atoms with Gasteiger partial charge >= 0.3 is 0 Å². The monoisotopic (exact) mass is 483 g/mol. The van der Waals surface area contributed by atoms with Crippen LogP contribution >= 0.6 is 23.2 Å². The third-order valence-electron chi connectivity index (χ3n) is 5.41. The van der Waals surface area contributed by atoms with Gasteiger partial charge in [-0.15, -0.1) is 0 Å². The molecule has 170 valence electrons. The van der Waals surface area contributed by atoms with E-state index in [9.17, 15) is 9.59 Å². The Morgan fingerprint density at radius 1 is 1.06 bits per heavy atom. The van der Waals surface area contributed by atoms with Gasteiger partial charge in [-0.2, -0.15) is 0 Å². The van der Waals surface area contributed by atoms with Gasteiger partial charge in [-0.05, 0) is 55.0 Å². The molecule has 0 aliphatic carbocycles. The van der Waals surface area contributed by atoms with Gasteiger partial charge in [0, 0.05) is 23.7 Å². The highest BCUT2D eigenvalue weighted by Gasteiger charge is 2.35. The van der Waals surface area contributed by atoms with Gasteiger partial charge in [0.05, 0.1) is 16.6 Å². The molecule has 0 saturated carbocycles. The van der Waals surface area contributed by atoms with Crippen molar-refractivity contribution in [1.29, 1.82) is 0 Å². The summed E-state index contributed by atoms with van der Waals surface area (Å²) >= 11 is 12.2. The Hall–Kier alpha value is -3.22. The number of halogens is 2. The number of hydrazine groups is 1. The Morgan fingerprint density at radius 3 is 2.48 bits per heavy atom.